The van der Waals surface area contributed by atoms with E-state index < -0.39 is 0 Å². The molecule has 0 N–H and O–H groups in total. The minimum Gasteiger partial charge on any atom is -0.456 e. The molecule has 3 heterocycles. The third kappa shape index (κ3) is 2.22. The van der Waals surface area contributed by atoms with Crippen molar-refractivity contribution >= 4 is 95.7 Å². The smallest absolute Gasteiger partial charge is 0.136 e. The molecular weight excluding hydrogens is 489 g/mol. The van der Waals surface area contributed by atoms with Crippen LogP contribution in [0.25, 0.3) is 95.3 Å². The van der Waals surface area contributed by atoms with E-state index in [1.165, 1.54) is 84.1 Å². The summed E-state index contributed by atoms with van der Waals surface area (Å²) in [5.74, 6) is 0. The summed E-state index contributed by atoms with van der Waals surface area (Å²) in [7, 11) is 0. The molecular formula is C34H16OS2. The summed E-state index contributed by atoms with van der Waals surface area (Å²) in [5.41, 5.74) is 7.09. The lowest BCUT2D eigenvalue weighted by Gasteiger charge is -2.10. The minimum absolute atomic E-state index is 0.942. The summed E-state index contributed by atoms with van der Waals surface area (Å²) in [6.07, 6.45) is 0. The van der Waals surface area contributed by atoms with E-state index >= 15 is 0 Å². The van der Waals surface area contributed by atoms with E-state index in [1.807, 2.05) is 28.7 Å². The molecule has 0 fully saturated rings. The summed E-state index contributed by atoms with van der Waals surface area (Å²) in [6.45, 7) is 0. The second kappa shape index (κ2) is 6.38. The van der Waals surface area contributed by atoms with Crippen LogP contribution in [0.4, 0.5) is 0 Å². The fourth-order valence-corrected chi connectivity index (χ4v) is 9.02. The SMILES string of the molecule is c1ccc2c(c1)oc1cc(-c3cc4sc5cccc6c5c4c4c3ccc3sc5cccc-6c5c34)ccc12. The molecule has 0 saturated heterocycles. The topological polar surface area (TPSA) is 13.1 Å². The molecule has 9 aromatic rings. The van der Waals surface area contributed by atoms with Gasteiger partial charge < -0.3 is 4.42 Å². The lowest BCUT2D eigenvalue weighted by molar-refractivity contribution is 0.669. The molecule has 1 aliphatic carbocycles. The maximum Gasteiger partial charge on any atom is 0.136 e. The van der Waals surface area contributed by atoms with Crippen molar-refractivity contribution in [3.05, 3.63) is 97.1 Å². The van der Waals surface area contributed by atoms with Gasteiger partial charge in [-0.25, -0.2) is 0 Å². The van der Waals surface area contributed by atoms with Crippen LogP contribution in [0, 0.1) is 0 Å². The van der Waals surface area contributed by atoms with E-state index in [0.717, 1.165) is 11.2 Å². The van der Waals surface area contributed by atoms with Crippen LogP contribution >= 0.6 is 22.7 Å². The van der Waals surface area contributed by atoms with Crippen LogP contribution in [-0.2, 0) is 0 Å². The second-order valence-electron chi connectivity index (χ2n) is 10.0. The zero-order valence-electron chi connectivity index (χ0n) is 19.5. The number of fused-ring (bicyclic) bond motifs is 4. The zero-order chi connectivity index (χ0) is 23.8. The fourth-order valence-electron chi connectivity index (χ4n) is 6.70. The molecule has 0 saturated carbocycles. The van der Waals surface area contributed by atoms with Crippen LogP contribution in [0.15, 0.2) is 101 Å². The normalized spacial score (nSPS) is 12.9. The van der Waals surface area contributed by atoms with Crippen molar-refractivity contribution in [2.24, 2.45) is 0 Å². The molecule has 0 amide bonds. The Morgan fingerprint density at radius 3 is 1.92 bits per heavy atom. The van der Waals surface area contributed by atoms with Gasteiger partial charge in [-0.15, -0.1) is 22.7 Å². The molecule has 1 nitrogen and oxygen atoms in total. The second-order valence-corrected chi connectivity index (χ2v) is 12.2. The van der Waals surface area contributed by atoms with Crippen molar-refractivity contribution in [1.82, 2.24) is 0 Å². The Balaban J connectivity index is 1.44. The van der Waals surface area contributed by atoms with Gasteiger partial charge in [0.15, 0.2) is 0 Å². The number of thiophene rings is 2. The Kier molecular flexibility index (Phi) is 3.28. The lowest BCUT2D eigenvalue weighted by atomic mass is 9.93. The number of para-hydroxylation sites is 1. The van der Waals surface area contributed by atoms with Crippen molar-refractivity contribution < 1.29 is 4.42 Å². The van der Waals surface area contributed by atoms with E-state index in [9.17, 15) is 0 Å². The number of hydrogen-bond acceptors (Lipinski definition) is 3. The molecule has 1 aliphatic rings. The Morgan fingerprint density at radius 1 is 0.405 bits per heavy atom. The van der Waals surface area contributed by atoms with Gasteiger partial charge in [-0.3, -0.25) is 0 Å². The molecule has 0 aliphatic heterocycles. The average Bonchev–Trinajstić information content (AvgIpc) is 3.59. The van der Waals surface area contributed by atoms with Crippen LogP contribution in [0.5, 0.6) is 0 Å². The molecule has 6 aromatic carbocycles. The van der Waals surface area contributed by atoms with E-state index in [1.54, 1.807) is 0 Å². The van der Waals surface area contributed by atoms with Gasteiger partial charge in [0, 0.05) is 56.5 Å². The number of rotatable bonds is 1. The van der Waals surface area contributed by atoms with Gasteiger partial charge in [0.1, 0.15) is 11.2 Å². The largest absolute Gasteiger partial charge is 0.456 e. The molecule has 0 bridgehead atoms. The van der Waals surface area contributed by atoms with E-state index in [0.29, 0.717) is 0 Å². The molecule has 0 unspecified atom stereocenters. The monoisotopic (exact) mass is 504 g/mol. The molecule has 170 valence electrons. The van der Waals surface area contributed by atoms with Crippen molar-refractivity contribution in [3.63, 3.8) is 0 Å². The summed E-state index contributed by atoms with van der Waals surface area (Å²) >= 11 is 3.83. The highest BCUT2D eigenvalue weighted by atomic mass is 32.1. The first-order valence-corrected chi connectivity index (χ1v) is 14.1. The Labute approximate surface area is 218 Å². The zero-order valence-corrected chi connectivity index (χ0v) is 21.1. The number of benzene rings is 6. The molecule has 0 radical (unpaired) electrons. The highest BCUT2D eigenvalue weighted by Gasteiger charge is 2.24. The average molecular weight is 505 g/mol. The highest BCUT2D eigenvalue weighted by Crippen LogP contribution is 2.54. The summed E-state index contributed by atoms with van der Waals surface area (Å²) in [5, 5.41) is 10.7. The van der Waals surface area contributed by atoms with E-state index in [2.05, 4.69) is 91.0 Å². The molecule has 10 rings (SSSR count). The van der Waals surface area contributed by atoms with Gasteiger partial charge in [-0.2, -0.15) is 0 Å². The van der Waals surface area contributed by atoms with Crippen molar-refractivity contribution in [3.8, 4) is 22.3 Å². The molecule has 3 aromatic heterocycles. The third-order valence-corrected chi connectivity index (χ3v) is 10.4. The van der Waals surface area contributed by atoms with Gasteiger partial charge in [0.25, 0.3) is 0 Å². The fraction of sp³-hybridized carbons (Fsp3) is 0. The van der Waals surface area contributed by atoms with Gasteiger partial charge in [0.2, 0.25) is 0 Å². The van der Waals surface area contributed by atoms with Crippen LogP contribution in [0.1, 0.15) is 0 Å². The van der Waals surface area contributed by atoms with Gasteiger partial charge in [0.05, 0.1) is 0 Å². The third-order valence-electron chi connectivity index (χ3n) is 8.20. The van der Waals surface area contributed by atoms with Crippen molar-refractivity contribution in [2.45, 2.75) is 0 Å². The first-order valence-electron chi connectivity index (χ1n) is 12.5. The summed E-state index contributed by atoms with van der Waals surface area (Å²) < 4.78 is 11.7. The summed E-state index contributed by atoms with van der Waals surface area (Å²) in [4.78, 5) is 0. The Hall–Kier alpha value is -4.18. The predicted octanol–water partition coefficient (Wildman–Crippen LogP) is 11.1. The summed E-state index contributed by atoms with van der Waals surface area (Å²) in [6, 6.07) is 35.8. The maximum absolute atomic E-state index is 6.29. The van der Waals surface area contributed by atoms with Crippen LogP contribution in [0.3, 0.4) is 0 Å². The number of furan rings is 1. The predicted molar refractivity (Wildman–Crippen MR) is 161 cm³/mol. The van der Waals surface area contributed by atoms with Crippen molar-refractivity contribution in [2.75, 3.05) is 0 Å². The number of hydrogen-bond donors (Lipinski definition) is 0. The van der Waals surface area contributed by atoms with Crippen LogP contribution < -0.4 is 0 Å². The molecule has 3 heteroatoms. The van der Waals surface area contributed by atoms with Gasteiger partial charge >= 0.3 is 0 Å². The quantitative estimate of drug-likeness (QED) is 0.217. The van der Waals surface area contributed by atoms with Gasteiger partial charge in [-0.1, -0.05) is 54.6 Å². The van der Waals surface area contributed by atoms with Crippen molar-refractivity contribution in [1.29, 1.82) is 0 Å². The molecule has 0 atom stereocenters. The first kappa shape index (κ1) is 19.0. The first-order chi connectivity index (χ1) is 18.3. The van der Waals surface area contributed by atoms with Crippen LogP contribution in [-0.4, -0.2) is 0 Å². The highest BCUT2D eigenvalue weighted by molar-refractivity contribution is 7.27. The van der Waals surface area contributed by atoms with E-state index in [4.69, 9.17) is 4.42 Å². The van der Waals surface area contributed by atoms with Crippen LogP contribution in [0.2, 0.25) is 0 Å². The van der Waals surface area contributed by atoms with Gasteiger partial charge in [-0.05, 0) is 70.1 Å². The Morgan fingerprint density at radius 2 is 1.08 bits per heavy atom. The standard InChI is InChI=1S/C34H16OS2/c1-2-8-24-18(5-1)19-12-11-17(15-25(19)35-24)23-16-29-34-31-21(7-4-10-27(31)37-29)20-6-3-9-26-30(20)33-28(36-26)14-13-22(23)32(33)34/h1-16H. The van der Waals surface area contributed by atoms with E-state index in [-0.39, 0.29) is 0 Å². The lowest BCUT2D eigenvalue weighted by Crippen LogP contribution is -1.83. The molecule has 0 spiro atoms. The maximum atomic E-state index is 6.29. The Bertz CT molecular complexity index is 2440. The molecule has 37 heavy (non-hydrogen) atoms. The minimum atomic E-state index is 0.942.